The van der Waals surface area contributed by atoms with E-state index in [1.54, 1.807) is 19.3 Å². The minimum atomic E-state index is -0.877. The Hall–Kier alpha value is -2.65. The zero-order chi connectivity index (χ0) is 22.0. The second-order valence-electron chi connectivity index (χ2n) is 7.16. The molecular weight excluding hydrogens is 399 g/mol. The van der Waals surface area contributed by atoms with Gasteiger partial charge in [-0.3, -0.25) is 14.8 Å². The number of amides is 1. The summed E-state index contributed by atoms with van der Waals surface area (Å²) in [4.78, 5) is 23.9. The zero-order valence-electron chi connectivity index (χ0n) is 16.6. The molecule has 158 valence electrons. The molecule has 0 unspecified atom stereocenters. The molecule has 0 aliphatic rings. The molecule has 0 bridgehead atoms. The van der Waals surface area contributed by atoms with Gasteiger partial charge < -0.3 is 4.57 Å². The van der Waals surface area contributed by atoms with Gasteiger partial charge in [0.15, 0.2) is 0 Å². The van der Waals surface area contributed by atoms with Crippen LogP contribution in [0.4, 0.5) is 4.39 Å². The van der Waals surface area contributed by atoms with Gasteiger partial charge in [0.05, 0.1) is 0 Å². The maximum atomic E-state index is 14.5. The van der Waals surface area contributed by atoms with Crippen LogP contribution >= 0.6 is 0 Å². The Morgan fingerprint density at radius 1 is 1.24 bits per heavy atom. The smallest absolute Gasteiger partial charge is 0.313 e. The third-order valence-corrected chi connectivity index (χ3v) is 4.57. The summed E-state index contributed by atoms with van der Waals surface area (Å²) in [5.41, 5.74) is 2.50. The van der Waals surface area contributed by atoms with Crippen molar-refractivity contribution >= 4 is 17.5 Å². The van der Waals surface area contributed by atoms with Gasteiger partial charge in [-0.25, -0.2) is 9.87 Å². The van der Waals surface area contributed by atoms with E-state index in [-0.39, 0.29) is 24.1 Å². The summed E-state index contributed by atoms with van der Waals surface area (Å²) in [5.74, 6) is -1.04. The number of pyridine rings is 1. The Morgan fingerprint density at radius 2 is 1.83 bits per heavy atom. The zero-order valence-corrected chi connectivity index (χ0v) is 17.4. The van der Waals surface area contributed by atoms with Crippen molar-refractivity contribution in [3.05, 3.63) is 58.3 Å². The molecule has 0 atom stereocenters. The van der Waals surface area contributed by atoms with Crippen LogP contribution in [-0.2, 0) is 29.3 Å². The highest BCUT2D eigenvalue weighted by atomic mass is 32.1. The van der Waals surface area contributed by atoms with Crippen LogP contribution in [0, 0.1) is 11.2 Å². The summed E-state index contributed by atoms with van der Waals surface area (Å²) >= 11 is -0.750. The van der Waals surface area contributed by atoms with Crippen LogP contribution < -0.4 is 11.0 Å². The number of nitrogens with one attached hydrogen (secondary N) is 1. The quantitative estimate of drug-likeness (QED) is 0.525. The van der Waals surface area contributed by atoms with E-state index in [4.69, 9.17) is 13.6 Å². The van der Waals surface area contributed by atoms with Crippen LogP contribution in [0.3, 0.4) is 0 Å². The number of carbonyl (C=O) groups excluding carboxylic acids is 1. The first-order chi connectivity index (χ1) is 13.7. The third-order valence-electron chi connectivity index (χ3n) is 4.57. The number of aryl methyl sites for hydroxylation is 2. The van der Waals surface area contributed by atoms with E-state index >= 15 is 0 Å². The summed E-state index contributed by atoms with van der Waals surface area (Å²) < 4.78 is 32.4. The van der Waals surface area contributed by atoms with Crippen LogP contribution in [0.2, 0.25) is 0 Å². The molecule has 29 heavy (non-hydrogen) atoms. The molecule has 1 aromatic carbocycles. The molecule has 9 heteroatoms. The van der Waals surface area contributed by atoms with Crippen LogP contribution in [0.5, 0.6) is 0 Å². The first-order valence-corrected chi connectivity index (χ1v) is 9.72. The number of carbonyl (C=O) groups is 1. The van der Waals surface area contributed by atoms with Crippen LogP contribution in [0.15, 0.2) is 41.3 Å². The second kappa shape index (κ2) is 11.4. The molecule has 0 fully saturated rings. The fraction of sp³-hybridized carbons (Fsp3) is 0.400. The van der Waals surface area contributed by atoms with Crippen molar-refractivity contribution in [1.29, 1.82) is 0 Å². The highest BCUT2D eigenvalue weighted by molar-refractivity contribution is 7.51. The highest BCUT2D eigenvalue weighted by Crippen LogP contribution is 2.24. The summed E-state index contributed by atoms with van der Waals surface area (Å²) in [6.45, 7) is 5.56. The number of aromatic nitrogens is 1. The van der Waals surface area contributed by atoms with Crippen molar-refractivity contribution in [2.24, 2.45) is 5.41 Å². The summed E-state index contributed by atoms with van der Waals surface area (Å²) in [7, 11) is 0. The van der Waals surface area contributed by atoms with E-state index in [1.807, 2.05) is 24.3 Å². The predicted molar refractivity (Wildman–Crippen MR) is 107 cm³/mol. The number of hydrogen-bond donors (Lipinski definition) is 2. The van der Waals surface area contributed by atoms with Crippen molar-refractivity contribution in [2.45, 2.75) is 46.6 Å². The lowest BCUT2D eigenvalue weighted by atomic mass is 9.88. The second-order valence-corrected chi connectivity index (χ2v) is 7.29. The highest BCUT2D eigenvalue weighted by Gasteiger charge is 2.27. The summed E-state index contributed by atoms with van der Waals surface area (Å²) in [6, 6.07) is 8.81. The Morgan fingerprint density at radius 3 is 2.34 bits per heavy atom. The summed E-state index contributed by atoms with van der Waals surface area (Å²) in [6.07, 6.45) is 3.45. The van der Waals surface area contributed by atoms with E-state index in [0.29, 0.717) is 5.56 Å². The maximum absolute atomic E-state index is 14.5. The molecule has 1 aromatic heterocycles. The topological polar surface area (TPSA) is 105 Å². The Balaban J connectivity index is 0.00000132. The fourth-order valence-electron chi connectivity index (χ4n) is 2.75. The lowest BCUT2D eigenvalue weighted by Gasteiger charge is -2.22. The number of halogens is 1. The summed E-state index contributed by atoms with van der Waals surface area (Å²) in [5, 5.41) is 8.75. The minimum absolute atomic E-state index is 0.173. The average Bonchev–Trinajstić information content (AvgIpc) is 2.69. The largest absolute Gasteiger partial charge is 0.335 e. The van der Waals surface area contributed by atoms with E-state index < -0.39 is 28.7 Å². The molecule has 7 nitrogen and oxygen atoms in total. The van der Waals surface area contributed by atoms with Gasteiger partial charge in [-0.2, -0.15) is 8.42 Å². The number of rotatable bonds is 7. The molecule has 0 spiro atoms. The maximum Gasteiger partial charge on any atom is 0.335 e. The lowest BCUT2D eigenvalue weighted by molar-refractivity contribution is -0.138. The van der Waals surface area contributed by atoms with E-state index in [0.717, 1.165) is 12.8 Å². The fourth-order valence-corrected chi connectivity index (χ4v) is 2.75. The van der Waals surface area contributed by atoms with Crippen LogP contribution in [0.25, 0.3) is 11.1 Å². The van der Waals surface area contributed by atoms with Crippen molar-refractivity contribution in [2.75, 3.05) is 0 Å². The molecule has 2 aromatic rings. The third kappa shape index (κ3) is 7.03. The van der Waals surface area contributed by atoms with E-state index in [9.17, 15) is 14.0 Å². The molecule has 1 amide bonds. The molecule has 0 saturated heterocycles. The SMILES string of the molecule is CCCc1ccc(-c2cc(=O)n(CCC(C)(C)C(=O)NO)cc2F)cc1.O=S=O. The minimum Gasteiger partial charge on any atom is -0.313 e. The Labute approximate surface area is 172 Å². The van der Waals surface area contributed by atoms with Crippen molar-refractivity contribution in [3.8, 4) is 11.1 Å². The molecule has 2 N–H and O–H groups in total. The average molecular weight is 424 g/mol. The number of hydrogen-bond acceptors (Lipinski definition) is 5. The van der Waals surface area contributed by atoms with Crippen LogP contribution in [0.1, 0.15) is 39.2 Å². The van der Waals surface area contributed by atoms with Gasteiger partial charge in [-0.15, -0.1) is 0 Å². The molecule has 2 rings (SSSR count). The molecule has 0 aliphatic carbocycles. The van der Waals surface area contributed by atoms with Crippen LogP contribution in [-0.4, -0.2) is 24.1 Å². The Bertz CT molecular complexity index is 919. The standard InChI is InChI=1S/C20H25FN2O3.O2S/c1-4-5-14-6-8-15(9-7-14)16-12-18(24)23(13-17(16)21)11-10-20(2,3)19(25)22-26;1-3-2/h6-9,12-13,26H,4-5,10-11H2,1-3H3,(H,22,25);. The number of benzene rings is 1. The first-order valence-electron chi connectivity index (χ1n) is 9.05. The first kappa shape index (κ1) is 24.4. The lowest BCUT2D eigenvalue weighted by Crippen LogP contribution is -2.36. The van der Waals surface area contributed by atoms with E-state index in [2.05, 4.69) is 6.92 Å². The molecule has 0 radical (unpaired) electrons. The predicted octanol–water partition coefficient (Wildman–Crippen LogP) is 2.86. The van der Waals surface area contributed by atoms with Gasteiger partial charge in [0.1, 0.15) is 5.82 Å². The number of nitrogens with zero attached hydrogens (tertiary/aromatic N) is 1. The normalized spacial score (nSPS) is 10.7. The van der Waals surface area contributed by atoms with Gasteiger partial charge in [0.25, 0.3) is 5.56 Å². The van der Waals surface area contributed by atoms with Gasteiger partial charge in [0, 0.05) is 29.8 Å². The molecule has 0 aliphatic heterocycles. The van der Waals surface area contributed by atoms with Gasteiger partial charge in [-0.1, -0.05) is 51.5 Å². The van der Waals surface area contributed by atoms with Crippen molar-refractivity contribution in [3.63, 3.8) is 0 Å². The monoisotopic (exact) mass is 424 g/mol. The van der Waals surface area contributed by atoms with Gasteiger partial charge in [0.2, 0.25) is 5.91 Å². The molecular formula is C20H25FN2O5S. The van der Waals surface area contributed by atoms with Crippen molar-refractivity contribution in [1.82, 2.24) is 10.0 Å². The van der Waals surface area contributed by atoms with Crippen molar-refractivity contribution < 1.29 is 22.8 Å². The Kier molecular flexibility index (Phi) is 9.57. The van der Waals surface area contributed by atoms with Gasteiger partial charge >= 0.3 is 11.6 Å². The van der Waals surface area contributed by atoms with E-state index in [1.165, 1.54) is 22.4 Å². The number of hydroxylamine groups is 1. The molecule has 1 heterocycles. The molecule has 0 saturated carbocycles. The van der Waals surface area contributed by atoms with Gasteiger partial charge in [-0.05, 0) is 24.0 Å².